The van der Waals surface area contributed by atoms with Crippen LogP contribution in [0.1, 0.15) is 5.82 Å². The lowest BCUT2D eigenvalue weighted by molar-refractivity contribution is -0.392. The number of benzene rings is 1. The fraction of sp³-hybridized carbons (Fsp3) is 0.308. The number of nitrogens with two attached hydrogens (primary N) is 1. The molecule has 0 unspecified atom stereocenters. The molecule has 0 aliphatic rings. The molecule has 2 N–H and O–H groups in total. The highest BCUT2D eigenvalue weighted by molar-refractivity contribution is 7.99. The molecule has 0 bridgehead atoms. The quantitative estimate of drug-likeness (QED) is 0.381. The van der Waals surface area contributed by atoms with Gasteiger partial charge in [0.1, 0.15) is 18.5 Å². The normalized spacial score (nSPS) is 10.6. The first-order chi connectivity index (χ1) is 10.0. The summed E-state index contributed by atoms with van der Waals surface area (Å²) in [6.07, 6.45) is 1.28. The predicted octanol–water partition coefficient (Wildman–Crippen LogP) is 2.48. The Morgan fingerprint density at radius 1 is 1.52 bits per heavy atom. The number of hydrogen-bond acceptors (Lipinski definition) is 6. The number of thioether (sulfide) groups is 1. The van der Waals surface area contributed by atoms with Crippen molar-refractivity contribution in [2.75, 3.05) is 18.6 Å². The van der Waals surface area contributed by atoms with E-state index in [-0.39, 0.29) is 5.82 Å². The largest absolute Gasteiger partial charge is 0.496 e. The topological polar surface area (TPSA) is 96.2 Å². The molecule has 1 aromatic carbocycles. The summed E-state index contributed by atoms with van der Waals surface area (Å²) in [6, 6.07) is 5.44. The molecule has 0 saturated carbocycles. The summed E-state index contributed by atoms with van der Waals surface area (Å²) in [5.41, 5.74) is 6.34. The summed E-state index contributed by atoms with van der Waals surface area (Å²) in [7, 11) is 1.59. The second-order valence-corrected chi connectivity index (χ2v) is 5.47. The third kappa shape index (κ3) is 3.46. The third-order valence-electron chi connectivity index (χ3n) is 2.98. The van der Waals surface area contributed by atoms with Crippen LogP contribution >= 0.6 is 11.8 Å². The summed E-state index contributed by atoms with van der Waals surface area (Å²) >= 11 is 1.56. The number of rotatable bonds is 6. The number of nitro groups is 1. The molecule has 7 nitrogen and oxygen atoms in total. The van der Waals surface area contributed by atoms with Crippen LogP contribution in [0.15, 0.2) is 29.3 Å². The van der Waals surface area contributed by atoms with Gasteiger partial charge in [0.2, 0.25) is 0 Å². The maximum Gasteiger partial charge on any atom is 0.342 e. The molecule has 0 aliphatic heterocycles. The minimum atomic E-state index is -0.422. The molecule has 112 valence electrons. The number of aryl methyl sites for hydroxylation is 1. The molecule has 0 aliphatic carbocycles. The van der Waals surface area contributed by atoms with Gasteiger partial charge in [-0.2, -0.15) is 0 Å². The molecule has 0 radical (unpaired) electrons. The van der Waals surface area contributed by atoms with Gasteiger partial charge in [-0.05, 0) is 17.1 Å². The maximum absolute atomic E-state index is 10.9. The van der Waals surface area contributed by atoms with Crippen molar-refractivity contribution in [3.8, 4) is 5.75 Å². The molecule has 2 rings (SSSR count). The standard InChI is InChI=1S/C13H16N4O3S/c1-9-15-8-13(17(18)19)16(9)5-6-21-12-4-3-10(14)7-11(12)20-2/h3-4,7-8H,5-6,14H2,1-2H3. The predicted molar refractivity (Wildman–Crippen MR) is 81.7 cm³/mol. The van der Waals surface area contributed by atoms with Crippen LogP contribution in [-0.4, -0.2) is 27.3 Å². The van der Waals surface area contributed by atoms with Crippen LogP contribution in [0.25, 0.3) is 0 Å². The molecule has 1 aromatic heterocycles. The molecule has 0 spiro atoms. The Labute approximate surface area is 126 Å². The van der Waals surface area contributed by atoms with E-state index in [4.69, 9.17) is 10.5 Å². The van der Waals surface area contributed by atoms with Crippen molar-refractivity contribution in [2.24, 2.45) is 0 Å². The average Bonchev–Trinajstić information content (AvgIpc) is 2.82. The molecule has 0 atom stereocenters. The molecule has 8 heteroatoms. The number of hydrogen-bond donors (Lipinski definition) is 1. The second-order valence-electron chi connectivity index (χ2n) is 4.33. The number of aromatic nitrogens is 2. The molecule has 1 heterocycles. The van der Waals surface area contributed by atoms with Gasteiger partial charge in [-0.1, -0.05) is 0 Å². The summed E-state index contributed by atoms with van der Waals surface area (Å²) in [5.74, 6) is 2.01. The molecular formula is C13H16N4O3S. The van der Waals surface area contributed by atoms with Gasteiger partial charge in [-0.15, -0.1) is 11.8 Å². The minimum absolute atomic E-state index is 0.0115. The van der Waals surface area contributed by atoms with Gasteiger partial charge in [0, 0.05) is 29.3 Å². The van der Waals surface area contributed by atoms with E-state index in [0.717, 1.165) is 4.90 Å². The molecule has 0 fully saturated rings. The van der Waals surface area contributed by atoms with Gasteiger partial charge in [-0.3, -0.25) is 0 Å². The van der Waals surface area contributed by atoms with Crippen LogP contribution in [-0.2, 0) is 6.54 Å². The lowest BCUT2D eigenvalue weighted by atomic mass is 10.3. The highest BCUT2D eigenvalue weighted by Gasteiger charge is 2.17. The second kappa shape index (κ2) is 6.49. The van der Waals surface area contributed by atoms with Crippen LogP contribution in [0.3, 0.4) is 0 Å². The van der Waals surface area contributed by atoms with Gasteiger partial charge in [0.05, 0.1) is 7.11 Å². The van der Waals surface area contributed by atoms with E-state index in [1.54, 1.807) is 42.5 Å². The molecule has 2 aromatic rings. The van der Waals surface area contributed by atoms with Crippen molar-refractivity contribution >= 4 is 23.3 Å². The van der Waals surface area contributed by atoms with Crippen LogP contribution < -0.4 is 10.5 Å². The molecule has 0 amide bonds. The first kappa shape index (κ1) is 15.2. The fourth-order valence-electron chi connectivity index (χ4n) is 1.93. The number of nitrogens with zero attached hydrogens (tertiary/aromatic N) is 3. The summed E-state index contributed by atoms with van der Waals surface area (Å²) in [4.78, 5) is 15.4. The Morgan fingerprint density at radius 3 is 2.95 bits per heavy atom. The molecular weight excluding hydrogens is 292 g/mol. The number of methoxy groups -OCH3 is 1. The Kier molecular flexibility index (Phi) is 4.69. The van der Waals surface area contributed by atoms with E-state index in [1.807, 2.05) is 6.07 Å². The van der Waals surface area contributed by atoms with E-state index in [0.29, 0.717) is 29.6 Å². The maximum atomic E-state index is 10.9. The van der Waals surface area contributed by atoms with E-state index in [9.17, 15) is 10.1 Å². The van der Waals surface area contributed by atoms with E-state index < -0.39 is 4.92 Å². The lowest BCUT2D eigenvalue weighted by Crippen LogP contribution is -2.06. The zero-order valence-electron chi connectivity index (χ0n) is 11.8. The van der Waals surface area contributed by atoms with Crippen molar-refractivity contribution in [3.05, 3.63) is 40.3 Å². The van der Waals surface area contributed by atoms with E-state index in [2.05, 4.69) is 4.98 Å². The van der Waals surface area contributed by atoms with Gasteiger partial charge in [-0.25, -0.2) is 9.55 Å². The average molecular weight is 308 g/mol. The van der Waals surface area contributed by atoms with Gasteiger partial charge in [0.25, 0.3) is 0 Å². The van der Waals surface area contributed by atoms with Crippen molar-refractivity contribution < 1.29 is 9.66 Å². The zero-order valence-corrected chi connectivity index (χ0v) is 12.6. The highest BCUT2D eigenvalue weighted by Crippen LogP contribution is 2.31. The smallest absolute Gasteiger partial charge is 0.342 e. The van der Waals surface area contributed by atoms with Crippen LogP contribution in [0, 0.1) is 17.0 Å². The Hall–Kier alpha value is -2.22. The zero-order chi connectivity index (χ0) is 15.4. The van der Waals surface area contributed by atoms with Crippen molar-refractivity contribution in [3.63, 3.8) is 0 Å². The summed E-state index contributed by atoms with van der Waals surface area (Å²) in [6.45, 7) is 2.25. The highest BCUT2D eigenvalue weighted by atomic mass is 32.2. The van der Waals surface area contributed by atoms with Crippen LogP contribution in [0.2, 0.25) is 0 Å². The minimum Gasteiger partial charge on any atom is -0.496 e. The van der Waals surface area contributed by atoms with Gasteiger partial charge >= 0.3 is 5.82 Å². The van der Waals surface area contributed by atoms with E-state index >= 15 is 0 Å². The van der Waals surface area contributed by atoms with Gasteiger partial charge < -0.3 is 20.6 Å². The monoisotopic (exact) mass is 308 g/mol. The Balaban J connectivity index is 2.05. The van der Waals surface area contributed by atoms with Crippen molar-refractivity contribution in [1.29, 1.82) is 0 Å². The number of ether oxygens (including phenoxy) is 1. The first-order valence-electron chi connectivity index (χ1n) is 6.25. The van der Waals surface area contributed by atoms with Crippen molar-refractivity contribution in [2.45, 2.75) is 18.4 Å². The lowest BCUT2D eigenvalue weighted by Gasteiger charge is -2.08. The number of anilines is 1. The first-order valence-corrected chi connectivity index (χ1v) is 7.24. The van der Waals surface area contributed by atoms with Crippen molar-refractivity contribution in [1.82, 2.24) is 9.55 Å². The number of nitrogen functional groups attached to an aromatic ring is 1. The summed E-state index contributed by atoms with van der Waals surface area (Å²) in [5, 5.41) is 10.9. The number of imidazole rings is 1. The fourth-order valence-corrected chi connectivity index (χ4v) is 2.87. The third-order valence-corrected chi connectivity index (χ3v) is 4.02. The van der Waals surface area contributed by atoms with Crippen LogP contribution in [0.5, 0.6) is 5.75 Å². The SMILES string of the molecule is COc1cc(N)ccc1SCCn1c([N+](=O)[O-])cnc1C. The van der Waals surface area contributed by atoms with Gasteiger partial charge in [0.15, 0.2) is 5.82 Å². The molecule has 21 heavy (non-hydrogen) atoms. The van der Waals surface area contributed by atoms with E-state index in [1.165, 1.54) is 6.20 Å². The molecule has 0 saturated heterocycles. The summed E-state index contributed by atoms with van der Waals surface area (Å²) < 4.78 is 6.87. The Bertz CT molecular complexity index is 657. The Morgan fingerprint density at radius 2 is 2.29 bits per heavy atom. The van der Waals surface area contributed by atoms with Crippen LogP contribution in [0.4, 0.5) is 11.5 Å².